The summed E-state index contributed by atoms with van der Waals surface area (Å²) in [5.41, 5.74) is 3.15. The van der Waals surface area contributed by atoms with Crippen LogP contribution in [0.1, 0.15) is 27.2 Å². The average Bonchev–Trinajstić information content (AvgIpc) is 3.61. The molecule has 1 N–H and O–H groups in total. The molecule has 37 heavy (non-hydrogen) atoms. The molecular formula is C29H33N3O4S. The summed E-state index contributed by atoms with van der Waals surface area (Å²) in [7, 11) is 3.27. The van der Waals surface area contributed by atoms with Gasteiger partial charge in [-0.05, 0) is 42.0 Å². The second-order valence-electron chi connectivity index (χ2n) is 8.79. The first-order valence-electron chi connectivity index (χ1n) is 12.4. The van der Waals surface area contributed by atoms with Gasteiger partial charge in [0.15, 0.2) is 0 Å². The number of carbonyl (C=O) groups is 2. The summed E-state index contributed by atoms with van der Waals surface area (Å²) in [6.45, 7) is 1.88. The molecule has 0 aliphatic rings. The van der Waals surface area contributed by atoms with E-state index in [-0.39, 0.29) is 18.4 Å². The van der Waals surface area contributed by atoms with Gasteiger partial charge < -0.3 is 24.3 Å². The van der Waals surface area contributed by atoms with Gasteiger partial charge in [0.25, 0.3) is 5.91 Å². The number of fused-ring (bicyclic) bond motifs is 1. The van der Waals surface area contributed by atoms with E-state index in [1.54, 1.807) is 25.2 Å². The molecule has 2 heterocycles. The van der Waals surface area contributed by atoms with Crippen molar-refractivity contribution in [2.24, 2.45) is 0 Å². The molecule has 0 saturated heterocycles. The number of para-hydroxylation sites is 2. The number of aromatic nitrogens is 1. The van der Waals surface area contributed by atoms with Crippen LogP contribution in [0.2, 0.25) is 0 Å². The maximum Gasteiger partial charge on any atom is 0.264 e. The number of rotatable bonds is 13. The van der Waals surface area contributed by atoms with Crippen molar-refractivity contribution in [1.29, 1.82) is 0 Å². The van der Waals surface area contributed by atoms with E-state index in [9.17, 15) is 9.59 Å². The summed E-state index contributed by atoms with van der Waals surface area (Å²) in [5, 5.41) is 3.03. The number of amides is 2. The summed E-state index contributed by atoms with van der Waals surface area (Å²) in [5.74, 6) is 0.500. The molecule has 194 valence electrons. The van der Waals surface area contributed by atoms with E-state index in [4.69, 9.17) is 9.47 Å². The van der Waals surface area contributed by atoms with Crippen LogP contribution in [-0.2, 0) is 22.5 Å². The highest BCUT2D eigenvalue weighted by molar-refractivity contribution is 7.12. The maximum absolute atomic E-state index is 13.7. The Labute approximate surface area is 221 Å². The Morgan fingerprint density at radius 3 is 2.51 bits per heavy atom. The molecule has 0 radical (unpaired) electrons. The van der Waals surface area contributed by atoms with Crippen molar-refractivity contribution >= 4 is 34.1 Å². The Hall–Kier alpha value is -3.62. The number of hydrogen-bond acceptors (Lipinski definition) is 5. The fourth-order valence-corrected chi connectivity index (χ4v) is 5.09. The quantitative estimate of drug-likeness (QED) is 0.253. The van der Waals surface area contributed by atoms with E-state index in [2.05, 4.69) is 11.1 Å². The Bertz CT molecular complexity index is 1300. The van der Waals surface area contributed by atoms with E-state index in [0.29, 0.717) is 44.0 Å². The number of nitrogens with one attached hydrogen (secondary N) is 1. The van der Waals surface area contributed by atoms with E-state index in [1.165, 1.54) is 11.3 Å². The van der Waals surface area contributed by atoms with Gasteiger partial charge in [-0.1, -0.05) is 42.5 Å². The number of hydrogen-bond donors (Lipinski definition) is 1. The molecule has 0 spiro atoms. The second-order valence-corrected chi connectivity index (χ2v) is 9.73. The lowest BCUT2D eigenvalue weighted by Gasteiger charge is -2.28. The van der Waals surface area contributed by atoms with Crippen molar-refractivity contribution < 1.29 is 19.1 Å². The Morgan fingerprint density at radius 1 is 0.919 bits per heavy atom. The van der Waals surface area contributed by atoms with Gasteiger partial charge in [0.1, 0.15) is 12.3 Å². The van der Waals surface area contributed by atoms with Crippen molar-refractivity contribution in [2.75, 3.05) is 40.5 Å². The first-order chi connectivity index (χ1) is 18.1. The minimum absolute atomic E-state index is 0.00345. The molecule has 0 bridgehead atoms. The van der Waals surface area contributed by atoms with Crippen LogP contribution in [0.25, 0.3) is 10.9 Å². The van der Waals surface area contributed by atoms with Gasteiger partial charge in [-0.25, -0.2) is 0 Å². The Morgan fingerprint density at radius 2 is 1.73 bits per heavy atom. The fraction of sp³-hybridized carbons (Fsp3) is 0.310. The predicted molar refractivity (Wildman–Crippen MR) is 147 cm³/mol. The molecule has 0 atom stereocenters. The first-order valence-corrected chi connectivity index (χ1v) is 13.2. The minimum Gasteiger partial charge on any atom is -0.496 e. The molecule has 4 rings (SSSR count). The smallest absolute Gasteiger partial charge is 0.264 e. The second kappa shape index (κ2) is 13.1. The number of H-pyrrole nitrogens is 1. The van der Waals surface area contributed by atoms with Crippen molar-refractivity contribution in [3.63, 3.8) is 0 Å². The zero-order chi connectivity index (χ0) is 26.0. The number of aromatic amines is 1. The third-order valence-corrected chi connectivity index (χ3v) is 7.21. The number of methoxy groups -OCH3 is 2. The normalized spacial score (nSPS) is 11.0. The van der Waals surface area contributed by atoms with Gasteiger partial charge in [0, 0.05) is 56.0 Å². The highest BCUT2D eigenvalue weighted by Gasteiger charge is 2.24. The van der Waals surface area contributed by atoms with Crippen LogP contribution >= 0.6 is 11.3 Å². The lowest BCUT2D eigenvalue weighted by atomic mass is 10.1. The van der Waals surface area contributed by atoms with E-state index in [0.717, 1.165) is 27.8 Å². The van der Waals surface area contributed by atoms with Crippen LogP contribution in [0, 0.1) is 0 Å². The summed E-state index contributed by atoms with van der Waals surface area (Å²) >= 11 is 1.38. The zero-order valence-corrected chi connectivity index (χ0v) is 22.1. The summed E-state index contributed by atoms with van der Waals surface area (Å²) in [4.78, 5) is 34.3. The van der Waals surface area contributed by atoms with Crippen LogP contribution in [0.3, 0.4) is 0 Å². The molecule has 2 aromatic heterocycles. The van der Waals surface area contributed by atoms with Crippen molar-refractivity contribution in [3.05, 3.63) is 88.2 Å². The molecule has 0 aliphatic carbocycles. The van der Waals surface area contributed by atoms with Crippen molar-refractivity contribution in [3.8, 4) is 5.75 Å². The van der Waals surface area contributed by atoms with Gasteiger partial charge in [0.2, 0.25) is 5.91 Å². The Balaban J connectivity index is 1.55. The number of thiophene rings is 1. The van der Waals surface area contributed by atoms with Crippen LogP contribution < -0.4 is 4.74 Å². The molecule has 0 unspecified atom stereocenters. The van der Waals surface area contributed by atoms with Gasteiger partial charge >= 0.3 is 0 Å². The largest absolute Gasteiger partial charge is 0.496 e. The summed E-state index contributed by atoms with van der Waals surface area (Å²) < 4.78 is 10.7. The van der Waals surface area contributed by atoms with Gasteiger partial charge in [-0.15, -0.1) is 11.3 Å². The third-order valence-electron chi connectivity index (χ3n) is 6.35. The SMILES string of the molecule is COCCCN(CC(=O)N(CCc1c[nH]c2ccccc12)Cc1ccccc1OC)C(=O)c1cccs1. The number of nitrogens with zero attached hydrogens (tertiary/aromatic N) is 2. The van der Waals surface area contributed by atoms with Gasteiger partial charge in [-0.3, -0.25) is 9.59 Å². The Kier molecular flexibility index (Phi) is 9.35. The first kappa shape index (κ1) is 26.4. The molecule has 7 nitrogen and oxygen atoms in total. The van der Waals surface area contributed by atoms with Gasteiger partial charge in [-0.2, -0.15) is 0 Å². The molecule has 2 aromatic carbocycles. The number of benzene rings is 2. The molecule has 8 heteroatoms. The number of ether oxygens (including phenoxy) is 2. The van der Waals surface area contributed by atoms with Crippen molar-refractivity contribution in [2.45, 2.75) is 19.4 Å². The minimum atomic E-state index is -0.131. The van der Waals surface area contributed by atoms with Crippen LogP contribution in [0.15, 0.2) is 72.2 Å². The fourth-order valence-electron chi connectivity index (χ4n) is 4.40. The highest BCUT2D eigenvalue weighted by atomic mass is 32.1. The van der Waals surface area contributed by atoms with E-state index < -0.39 is 0 Å². The van der Waals surface area contributed by atoms with E-state index >= 15 is 0 Å². The molecule has 0 saturated carbocycles. The van der Waals surface area contributed by atoms with Gasteiger partial charge in [0.05, 0.1) is 12.0 Å². The molecular weight excluding hydrogens is 486 g/mol. The average molecular weight is 520 g/mol. The third kappa shape index (κ3) is 6.78. The number of carbonyl (C=O) groups excluding carboxylic acids is 2. The topological polar surface area (TPSA) is 74.9 Å². The van der Waals surface area contributed by atoms with E-state index in [1.807, 2.05) is 65.0 Å². The summed E-state index contributed by atoms with van der Waals surface area (Å²) in [6, 6.07) is 19.5. The maximum atomic E-state index is 13.7. The lowest BCUT2D eigenvalue weighted by Crippen LogP contribution is -2.43. The van der Waals surface area contributed by atoms with Crippen LogP contribution in [0.5, 0.6) is 5.75 Å². The molecule has 2 amide bonds. The zero-order valence-electron chi connectivity index (χ0n) is 21.3. The van der Waals surface area contributed by atoms with Crippen LogP contribution in [0.4, 0.5) is 0 Å². The molecule has 0 aliphatic heterocycles. The molecule has 0 fully saturated rings. The lowest BCUT2D eigenvalue weighted by molar-refractivity contribution is -0.132. The van der Waals surface area contributed by atoms with Crippen LogP contribution in [-0.4, -0.2) is 67.1 Å². The van der Waals surface area contributed by atoms with Crippen molar-refractivity contribution in [1.82, 2.24) is 14.8 Å². The standard InChI is InChI=1S/C29H33N3O4S/c1-35-17-8-15-32(29(34)27-13-7-18-37-27)21-28(33)31(20-23-9-3-6-12-26(23)36-2)16-14-22-19-30-25-11-5-4-10-24(22)25/h3-7,9-13,18-19,30H,8,14-17,20-21H2,1-2H3. The monoisotopic (exact) mass is 519 g/mol. The molecule has 4 aromatic rings. The highest BCUT2D eigenvalue weighted by Crippen LogP contribution is 2.22. The predicted octanol–water partition coefficient (Wildman–Crippen LogP) is 4.99. The summed E-state index contributed by atoms with van der Waals surface area (Å²) in [6.07, 6.45) is 3.35.